The molecule has 0 saturated heterocycles. The van der Waals surface area contributed by atoms with Gasteiger partial charge in [-0.15, -0.1) is 0 Å². The summed E-state index contributed by atoms with van der Waals surface area (Å²) in [6, 6.07) is 12.2. The van der Waals surface area contributed by atoms with Gasteiger partial charge in [-0.3, -0.25) is 9.78 Å². The van der Waals surface area contributed by atoms with Crippen molar-refractivity contribution in [2.24, 2.45) is 5.92 Å². The van der Waals surface area contributed by atoms with Crippen molar-refractivity contribution in [1.29, 1.82) is 0 Å². The number of ether oxygens (including phenoxy) is 1. The third kappa shape index (κ3) is 2.56. The van der Waals surface area contributed by atoms with Crippen molar-refractivity contribution in [3.8, 4) is 0 Å². The van der Waals surface area contributed by atoms with Crippen molar-refractivity contribution < 1.29 is 9.53 Å². The average Bonchev–Trinajstić information content (AvgIpc) is 3.24. The summed E-state index contributed by atoms with van der Waals surface area (Å²) in [5.74, 6) is 0.246. The number of halogens is 1. The number of esters is 1. The molecule has 0 radical (unpaired) electrons. The standard InChI is InChI=1S/C18H16BrNO2/c19-13-6-3-11(4-7-13)14-10-15(14)18(21)22-16-8-5-12-2-1-9-20-17(12)16/h1-4,6-7,9,14-16H,5,8,10H2/t14-,15+,16?/m0/s1. The smallest absolute Gasteiger partial charge is 0.310 e. The first-order valence-corrected chi connectivity index (χ1v) is 8.41. The fourth-order valence-corrected chi connectivity index (χ4v) is 3.52. The molecule has 1 aromatic carbocycles. The van der Waals surface area contributed by atoms with Gasteiger partial charge in [0.05, 0.1) is 11.6 Å². The Balaban J connectivity index is 1.41. The van der Waals surface area contributed by atoms with Gasteiger partial charge in [0.2, 0.25) is 0 Å². The lowest BCUT2D eigenvalue weighted by Gasteiger charge is -2.12. The van der Waals surface area contributed by atoms with E-state index in [-0.39, 0.29) is 18.0 Å². The minimum Gasteiger partial charge on any atom is -0.456 e. The van der Waals surface area contributed by atoms with E-state index < -0.39 is 0 Å². The molecule has 0 N–H and O–H groups in total. The zero-order valence-electron chi connectivity index (χ0n) is 12.0. The van der Waals surface area contributed by atoms with Crippen LogP contribution in [-0.2, 0) is 16.0 Å². The maximum atomic E-state index is 12.4. The molecule has 4 heteroatoms. The van der Waals surface area contributed by atoms with E-state index in [9.17, 15) is 4.79 Å². The van der Waals surface area contributed by atoms with Crippen LogP contribution in [0.1, 0.15) is 41.7 Å². The van der Waals surface area contributed by atoms with Gasteiger partial charge in [-0.05, 0) is 54.5 Å². The van der Waals surface area contributed by atoms with Crippen LogP contribution < -0.4 is 0 Å². The van der Waals surface area contributed by atoms with Gasteiger partial charge in [-0.25, -0.2) is 0 Å². The van der Waals surface area contributed by atoms with Gasteiger partial charge in [0, 0.05) is 10.7 Å². The highest BCUT2D eigenvalue weighted by atomic mass is 79.9. The molecule has 22 heavy (non-hydrogen) atoms. The van der Waals surface area contributed by atoms with Crippen molar-refractivity contribution in [3.63, 3.8) is 0 Å². The first-order valence-electron chi connectivity index (χ1n) is 7.62. The Morgan fingerprint density at radius 2 is 2.05 bits per heavy atom. The van der Waals surface area contributed by atoms with Crippen molar-refractivity contribution in [2.45, 2.75) is 31.3 Å². The van der Waals surface area contributed by atoms with Crippen LogP contribution in [0.4, 0.5) is 0 Å². The highest BCUT2D eigenvalue weighted by Crippen LogP contribution is 2.49. The molecule has 1 aromatic heterocycles. The Morgan fingerprint density at radius 3 is 2.86 bits per heavy atom. The fraction of sp³-hybridized carbons (Fsp3) is 0.333. The van der Waals surface area contributed by atoms with E-state index in [1.807, 2.05) is 18.2 Å². The minimum absolute atomic E-state index is 0.00828. The van der Waals surface area contributed by atoms with Crippen LogP contribution in [-0.4, -0.2) is 11.0 Å². The lowest BCUT2D eigenvalue weighted by Crippen LogP contribution is -2.12. The van der Waals surface area contributed by atoms with Crippen LogP contribution in [0, 0.1) is 5.92 Å². The summed E-state index contributed by atoms with van der Waals surface area (Å²) in [4.78, 5) is 16.7. The first kappa shape index (κ1) is 13.9. The number of aromatic nitrogens is 1. The number of fused-ring (bicyclic) bond motifs is 1. The zero-order valence-corrected chi connectivity index (χ0v) is 13.6. The number of aryl methyl sites for hydroxylation is 1. The summed E-state index contributed by atoms with van der Waals surface area (Å²) in [6.07, 6.45) is 4.31. The summed E-state index contributed by atoms with van der Waals surface area (Å²) in [5, 5.41) is 0. The third-order valence-corrected chi connectivity index (χ3v) is 5.09. The van der Waals surface area contributed by atoms with E-state index in [1.54, 1.807) is 6.20 Å². The van der Waals surface area contributed by atoms with Gasteiger partial charge in [0.15, 0.2) is 0 Å². The SMILES string of the molecule is O=C(OC1CCc2cccnc21)[C@@H]1C[C@H]1c1ccc(Br)cc1. The summed E-state index contributed by atoms with van der Waals surface area (Å²) < 4.78 is 6.79. The van der Waals surface area contributed by atoms with Crippen LogP contribution in [0.5, 0.6) is 0 Å². The summed E-state index contributed by atoms with van der Waals surface area (Å²) >= 11 is 3.43. The van der Waals surface area contributed by atoms with Gasteiger partial charge < -0.3 is 4.74 Å². The van der Waals surface area contributed by atoms with Crippen molar-refractivity contribution in [1.82, 2.24) is 4.98 Å². The fourth-order valence-electron chi connectivity index (χ4n) is 3.25. The third-order valence-electron chi connectivity index (χ3n) is 4.56. The highest BCUT2D eigenvalue weighted by Gasteiger charge is 2.46. The molecule has 0 amide bonds. The molecule has 3 nitrogen and oxygen atoms in total. The first-order chi connectivity index (χ1) is 10.7. The number of carbonyl (C=O) groups is 1. The molecule has 112 valence electrons. The van der Waals surface area contributed by atoms with E-state index in [4.69, 9.17) is 4.74 Å². The quantitative estimate of drug-likeness (QED) is 0.773. The molecule has 4 rings (SSSR count). The Bertz CT molecular complexity index is 713. The zero-order chi connectivity index (χ0) is 15.1. The van der Waals surface area contributed by atoms with Crippen molar-refractivity contribution in [2.75, 3.05) is 0 Å². The van der Waals surface area contributed by atoms with Gasteiger partial charge in [0.25, 0.3) is 0 Å². The summed E-state index contributed by atoms with van der Waals surface area (Å²) in [7, 11) is 0. The molecule has 1 unspecified atom stereocenters. The Morgan fingerprint density at radius 1 is 1.23 bits per heavy atom. The van der Waals surface area contributed by atoms with E-state index in [0.717, 1.165) is 29.4 Å². The Hall–Kier alpha value is -1.68. The molecule has 1 saturated carbocycles. The van der Waals surface area contributed by atoms with Gasteiger partial charge >= 0.3 is 5.97 Å². The molecule has 1 fully saturated rings. The van der Waals surface area contributed by atoms with Crippen LogP contribution in [0.2, 0.25) is 0 Å². The topological polar surface area (TPSA) is 39.2 Å². The molecular formula is C18H16BrNO2. The van der Waals surface area contributed by atoms with Crippen molar-refractivity contribution >= 4 is 21.9 Å². The maximum absolute atomic E-state index is 12.4. The molecule has 0 spiro atoms. The number of nitrogens with zero attached hydrogens (tertiary/aromatic N) is 1. The summed E-state index contributed by atoms with van der Waals surface area (Å²) in [6.45, 7) is 0. The molecule has 3 atom stereocenters. The predicted molar refractivity (Wildman–Crippen MR) is 86.4 cm³/mol. The van der Waals surface area contributed by atoms with E-state index in [1.165, 1.54) is 11.1 Å². The van der Waals surface area contributed by atoms with Crippen LogP contribution in [0.15, 0.2) is 47.1 Å². The normalized spacial score (nSPS) is 25.6. The molecule has 2 aromatic rings. The minimum atomic E-state index is -0.158. The maximum Gasteiger partial charge on any atom is 0.310 e. The van der Waals surface area contributed by atoms with Gasteiger partial charge in [0.1, 0.15) is 6.10 Å². The van der Waals surface area contributed by atoms with Crippen LogP contribution in [0.25, 0.3) is 0 Å². The second-order valence-corrected chi connectivity index (χ2v) is 6.93. The molecule has 0 bridgehead atoms. The molecular weight excluding hydrogens is 342 g/mol. The number of benzene rings is 1. The number of pyridine rings is 1. The van der Waals surface area contributed by atoms with E-state index >= 15 is 0 Å². The molecule has 1 heterocycles. The number of carbonyl (C=O) groups excluding carboxylic acids is 1. The lowest BCUT2D eigenvalue weighted by molar-refractivity contribution is -0.151. The number of rotatable bonds is 3. The van der Waals surface area contributed by atoms with Crippen LogP contribution >= 0.6 is 15.9 Å². The monoisotopic (exact) mass is 357 g/mol. The second-order valence-electron chi connectivity index (χ2n) is 6.01. The van der Waals surface area contributed by atoms with E-state index in [0.29, 0.717) is 5.92 Å². The van der Waals surface area contributed by atoms with Gasteiger partial charge in [-0.1, -0.05) is 34.1 Å². The van der Waals surface area contributed by atoms with Crippen molar-refractivity contribution in [3.05, 3.63) is 63.9 Å². The van der Waals surface area contributed by atoms with E-state index in [2.05, 4.69) is 39.1 Å². The number of hydrogen-bond donors (Lipinski definition) is 0. The molecule has 0 aliphatic heterocycles. The Kier molecular flexibility index (Phi) is 3.49. The van der Waals surface area contributed by atoms with Gasteiger partial charge in [-0.2, -0.15) is 0 Å². The lowest BCUT2D eigenvalue weighted by atomic mass is 10.1. The molecule has 2 aliphatic rings. The Labute approximate surface area is 137 Å². The second kappa shape index (κ2) is 5.51. The highest BCUT2D eigenvalue weighted by molar-refractivity contribution is 9.10. The summed E-state index contributed by atoms with van der Waals surface area (Å²) in [5.41, 5.74) is 3.37. The predicted octanol–water partition coefficient (Wildman–Crippen LogP) is 4.18. The molecule has 2 aliphatic carbocycles. The largest absolute Gasteiger partial charge is 0.456 e. The van der Waals surface area contributed by atoms with Crippen LogP contribution in [0.3, 0.4) is 0 Å². The number of hydrogen-bond acceptors (Lipinski definition) is 3. The average molecular weight is 358 g/mol.